The number of carbonyl (C=O) groups excluding carboxylic acids is 2. The lowest BCUT2D eigenvalue weighted by Gasteiger charge is -2.46. The molecule has 0 bridgehead atoms. The minimum absolute atomic E-state index is 0.0554. The van der Waals surface area contributed by atoms with Crippen molar-refractivity contribution in [3.05, 3.63) is 0 Å². The SMILES string of the molecule is COC(=O)CC[C@H](CC(=O)OC)N(O[Si](C)(C)C(C)(C)C)O[Si](C)(C)C(C)(C)C. The second-order valence-electron chi connectivity index (χ2n) is 10.5. The standard InChI is InChI=1S/C20H43NO6Si2/c1-19(2,3)28(9,10)26-21(27-29(11,12)20(4,5)6)16(15-18(23)25-8)13-14-17(22)24-7/h16H,13-15H2,1-12H3/t16-/m1/s1. The summed E-state index contributed by atoms with van der Waals surface area (Å²) in [5.74, 6) is -0.706. The van der Waals surface area contributed by atoms with Crippen LogP contribution in [0.5, 0.6) is 0 Å². The van der Waals surface area contributed by atoms with E-state index in [2.05, 4.69) is 67.7 Å². The van der Waals surface area contributed by atoms with Crippen LogP contribution in [0.4, 0.5) is 0 Å². The lowest BCUT2D eigenvalue weighted by molar-refractivity contribution is -0.303. The summed E-state index contributed by atoms with van der Waals surface area (Å²) < 4.78 is 22.7. The van der Waals surface area contributed by atoms with Crippen molar-refractivity contribution in [2.45, 2.75) is 103 Å². The van der Waals surface area contributed by atoms with Gasteiger partial charge in [0.05, 0.1) is 26.7 Å². The van der Waals surface area contributed by atoms with Crippen molar-refractivity contribution in [1.29, 1.82) is 0 Å². The zero-order valence-corrected chi connectivity index (χ0v) is 22.6. The highest BCUT2D eigenvalue weighted by Crippen LogP contribution is 2.41. The summed E-state index contributed by atoms with van der Waals surface area (Å²) >= 11 is 0. The van der Waals surface area contributed by atoms with Gasteiger partial charge in [-0.05, 0) is 42.7 Å². The smallest absolute Gasteiger partial charge is 0.307 e. The van der Waals surface area contributed by atoms with Gasteiger partial charge < -0.3 is 18.5 Å². The number of carbonyl (C=O) groups is 2. The van der Waals surface area contributed by atoms with E-state index >= 15 is 0 Å². The van der Waals surface area contributed by atoms with Gasteiger partial charge in [0, 0.05) is 6.42 Å². The zero-order valence-electron chi connectivity index (χ0n) is 20.6. The third-order valence-corrected chi connectivity index (χ3v) is 14.6. The molecule has 0 heterocycles. The number of nitrogens with zero attached hydrogens (tertiary/aromatic N) is 1. The van der Waals surface area contributed by atoms with Crippen LogP contribution < -0.4 is 0 Å². The molecule has 0 unspecified atom stereocenters. The van der Waals surface area contributed by atoms with Gasteiger partial charge in [-0.15, -0.1) is 0 Å². The molecule has 0 N–H and O–H groups in total. The van der Waals surface area contributed by atoms with E-state index < -0.39 is 22.7 Å². The molecule has 0 radical (unpaired) electrons. The van der Waals surface area contributed by atoms with Crippen LogP contribution in [0.3, 0.4) is 0 Å². The Morgan fingerprint density at radius 1 is 0.793 bits per heavy atom. The molecule has 0 saturated heterocycles. The molecular weight excluding hydrogens is 406 g/mol. The Kier molecular flexibility index (Phi) is 10.3. The van der Waals surface area contributed by atoms with Gasteiger partial charge in [0.2, 0.25) is 16.6 Å². The fraction of sp³-hybridized carbons (Fsp3) is 0.900. The van der Waals surface area contributed by atoms with Crippen LogP contribution >= 0.6 is 0 Å². The first kappa shape index (κ1) is 28.3. The van der Waals surface area contributed by atoms with Gasteiger partial charge in [-0.2, -0.15) is 0 Å². The summed E-state index contributed by atoms with van der Waals surface area (Å²) in [6, 6.07) is -0.454. The zero-order chi connectivity index (χ0) is 23.3. The molecular formula is C20H43NO6Si2. The molecule has 29 heavy (non-hydrogen) atoms. The van der Waals surface area contributed by atoms with Crippen molar-refractivity contribution >= 4 is 28.6 Å². The number of hydrogen-bond acceptors (Lipinski definition) is 7. The molecule has 0 spiro atoms. The molecule has 0 rings (SSSR count). The minimum atomic E-state index is -2.26. The highest BCUT2D eigenvalue weighted by Gasteiger charge is 2.46. The van der Waals surface area contributed by atoms with Crippen LogP contribution in [0.15, 0.2) is 0 Å². The number of hydroxylamine groups is 2. The van der Waals surface area contributed by atoms with Gasteiger partial charge in [-0.1, -0.05) is 46.8 Å². The minimum Gasteiger partial charge on any atom is -0.469 e. The number of ether oxygens (including phenoxy) is 2. The van der Waals surface area contributed by atoms with Gasteiger partial charge in [-0.25, -0.2) is 0 Å². The molecule has 0 saturated carbocycles. The highest BCUT2D eigenvalue weighted by molar-refractivity contribution is 6.74. The summed E-state index contributed by atoms with van der Waals surface area (Å²) in [5, 5.41) is 1.43. The molecule has 0 aliphatic carbocycles. The van der Waals surface area contributed by atoms with E-state index in [0.29, 0.717) is 6.42 Å². The Hall–Kier alpha value is -0.746. The van der Waals surface area contributed by atoms with Crippen molar-refractivity contribution in [3.63, 3.8) is 0 Å². The largest absolute Gasteiger partial charge is 0.469 e. The third-order valence-electron chi connectivity index (χ3n) is 6.09. The predicted octanol–water partition coefficient (Wildman–Crippen LogP) is 5.05. The predicted molar refractivity (Wildman–Crippen MR) is 120 cm³/mol. The maximum absolute atomic E-state index is 12.1. The lowest BCUT2D eigenvalue weighted by atomic mass is 10.1. The second kappa shape index (κ2) is 10.5. The number of methoxy groups -OCH3 is 2. The van der Waals surface area contributed by atoms with Crippen molar-refractivity contribution in [3.8, 4) is 0 Å². The third kappa shape index (κ3) is 8.88. The quantitative estimate of drug-likeness (QED) is 0.262. The van der Waals surface area contributed by atoms with E-state index in [9.17, 15) is 9.59 Å². The van der Waals surface area contributed by atoms with Crippen molar-refractivity contribution in [2.24, 2.45) is 0 Å². The number of rotatable bonds is 10. The summed E-state index contributed by atoms with van der Waals surface area (Å²) in [6.07, 6.45) is 0.595. The molecule has 0 aliphatic rings. The van der Waals surface area contributed by atoms with Crippen LogP contribution in [-0.2, 0) is 28.1 Å². The topological polar surface area (TPSA) is 74.3 Å². The molecule has 0 amide bonds. The molecule has 7 nitrogen and oxygen atoms in total. The summed E-state index contributed by atoms with van der Waals surface area (Å²) in [4.78, 5) is 23.9. The normalized spacial score (nSPS) is 14.7. The van der Waals surface area contributed by atoms with E-state index in [4.69, 9.17) is 18.5 Å². The van der Waals surface area contributed by atoms with Crippen LogP contribution in [0.25, 0.3) is 0 Å². The van der Waals surface area contributed by atoms with Gasteiger partial charge in [0.15, 0.2) is 0 Å². The molecule has 0 fully saturated rings. The fourth-order valence-corrected chi connectivity index (χ4v) is 3.73. The first-order chi connectivity index (χ1) is 12.9. The maximum Gasteiger partial charge on any atom is 0.307 e. The van der Waals surface area contributed by atoms with Crippen LogP contribution in [0, 0.1) is 0 Å². The van der Waals surface area contributed by atoms with E-state index in [1.54, 1.807) is 0 Å². The Morgan fingerprint density at radius 2 is 1.17 bits per heavy atom. The van der Waals surface area contributed by atoms with Gasteiger partial charge in [0.1, 0.15) is 0 Å². The number of esters is 2. The molecule has 172 valence electrons. The lowest BCUT2D eigenvalue weighted by Crippen LogP contribution is -2.55. The highest BCUT2D eigenvalue weighted by atomic mass is 28.4. The fourth-order valence-electron chi connectivity index (χ4n) is 1.84. The molecule has 0 aliphatic heterocycles. The second-order valence-corrected chi connectivity index (χ2v) is 19.9. The average Bonchev–Trinajstić information content (AvgIpc) is 2.54. The van der Waals surface area contributed by atoms with Gasteiger partial charge >= 0.3 is 11.9 Å². The van der Waals surface area contributed by atoms with Crippen molar-refractivity contribution < 1.29 is 28.1 Å². The first-order valence-electron chi connectivity index (χ1n) is 10.2. The van der Waals surface area contributed by atoms with Crippen molar-refractivity contribution in [1.82, 2.24) is 5.23 Å². The van der Waals surface area contributed by atoms with Crippen LogP contribution in [0.2, 0.25) is 36.3 Å². The van der Waals surface area contributed by atoms with Crippen LogP contribution in [0.1, 0.15) is 60.8 Å². The molecule has 9 heteroatoms. The van der Waals surface area contributed by atoms with Crippen LogP contribution in [-0.4, -0.2) is 54.1 Å². The van der Waals surface area contributed by atoms with Gasteiger partial charge in [0.25, 0.3) is 0 Å². The van der Waals surface area contributed by atoms with Crippen molar-refractivity contribution in [2.75, 3.05) is 14.2 Å². The average molecular weight is 450 g/mol. The van der Waals surface area contributed by atoms with E-state index in [1.165, 1.54) is 19.4 Å². The Balaban J connectivity index is 5.98. The van der Waals surface area contributed by atoms with Gasteiger partial charge in [-0.3, -0.25) is 9.59 Å². The van der Waals surface area contributed by atoms with E-state index in [0.717, 1.165) is 0 Å². The monoisotopic (exact) mass is 449 g/mol. The Bertz CT molecular complexity index is 524. The Labute approximate surface area is 179 Å². The van der Waals surface area contributed by atoms with E-state index in [1.807, 2.05) is 0 Å². The first-order valence-corrected chi connectivity index (χ1v) is 16.0. The molecule has 0 aromatic rings. The summed E-state index contributed by atoms with van der Waals surface area (Å²) in [7, 11) is -1.81. The summed E-state index contributed by atoms with van der Waals surface area (Å²) in [5.41, 5.74) is 0. The molecule has 0 aromatic heterocycles. The maximum atomic E-state index is 12.1. The number of hydrogen-bond donors (Lipinski definition) is 0. The van der Waals surface area contributed by atoms with E-state index in [-0.39, 0.29) is 34.9 Å². The molecule has 1 atom stereocenters. The Morgan fingerprint density at radius 3 is 1.48 bits per heavy atom. The molecule has 0 aromatic carbocycles. The summed E-state index contributed by atoms with van der Waals surface area (Å²) in [6.45, 7) is 21.4.